The topological polar surface area (TPSA) is 20.2 Å². The zero-order chi connectivity index (χ0) is 23.6. The van der Waals surface area contributed by atoms with Gasteiger partial charge in [-0.05, 0) is 48.7 Å². The summed E-state index contributed by atoms with van der Waals surface area (Å²) >= 11 is 7.67. The van der Waals surface area contributed by atoms with Crippen molar-refractivity contribution in [2.24, 2.45) is 0 Å². The summed E-state index contributed by atoms with van der Waals surface area (Å²) in [5, 5.41) is 9.94. The molecule has 2 rings (SSSR count). The van der Waals surface area contributed by atoms with Crippen LogP contribution in [0.1, 0.15) is 115 Å². The monoisotopic (exact) mass is 488 g/mol. The van der Waals surface area contributed by atoms with E-state index in [0.717, 1.165) is 4.90 Å². The molecule has 0 bridgehead atoms. The van der Waals surface area contributed by atoms with E-state index in [1.54, 1.807) is 17.8 Å². The van der Waals surface area contributed by atoms with Crippen molar-refractivity contribution in [3.63, 3.8) is 0 Å². The van der Waals surface area contributed by atoms with Crippen molar-refractivity contribution in [1.82, 2.24) is 0 Å². The van der Waals surface area contributed by atoms with Gasteiger partial charge in [-0.3, -0.25) is 0 Å². The Bertz CT molecular complexity index is 743. The second-order valence-corrected chi connectivity index (χ2v) is 11.0. The first kappa shape index (κ1) is 28.1. The fraction of sp³-hybridized carbons (Fsp3) is 0.600. The number of halogens is 1. The van der Waals surface area contributed by atoms with Gasteiger partial charge in [0.05, 0.1) is 5.02 Å². The van der Waals surface area contributed by atoms with E-state index >= 15 is 0 Å². The van der Waals surface area contributed by atoms with Crippen molar-refractivity contribution >= 4 is 23.4 Å². The van der Waals surface area contributed by atoms with Crippen LogP contribution >= 0.6 is 23.4 Å². The molecule has 0 aliphatic heterocycles. The third-order valence-electron chi connectivity index (χ3n) is 6.40. The molecule has 2 aromatic carbocycles. The lowest BCUT2D eigenvalue weighted by molar-refractivity contribution is 0.475. The first-order valence-electron chi connectivity index (χ1n) is 13.4. The maximum absolute atomic E-state index is 9.54. The predicted molar refractivity (Wildman–Crippen MR) is 147 cm³/mol. The minimum Gasteiger partial charge on any atom is -0.506 e. The van der Waals surface area contributed by atoms with Crippen LogP contribution in [0.3, 0.4) is 0 Å². The number of benzene rings is 2. The predicted octanol–water partition coefficient (Wildman–Crippen LogP) is 11.0. The number of unbranched alkanes of at least 4 members (excludes halogenated alkanes) is 15. The van der Waals surface area contributed by atoms with Crippen LogP contribution in [0.2, 0.25) is 5.02 Å². The van der Waals surface area contributed by atoms with Crippen LogP contribution < -0.4 is 0 Å². The summed E-state index contributed by atoms with van der Waals surface area (Å²) in [6.07, 6.45) is 23.8. The molecule has 184 valence electrons. The third-order valence-corrected chi connectivity index (χ3v) is 7.70. The van der Waals surface area contributed by atoms with Crippen LogP contribution in [0.25, 0.3) is 0 Å². The highest BCUT2D eigenvalue weighted by molar-refractivity contribution is 7.99. The van der Waals surface area contributed by atoms with Gasteiger partial charge in [0.1, 0.15) is 5.75 Å². The van der Waals surface area contributed by atoms with Gasteiger partial charge in [0.2, 0.25) is 0 Å². The summed E-state index contributed by atoms with van der Waals surface area (Å²) in [5.74, 6) is 0.134. The molecule has 0 aliphatic carbocycles. The van der Waals surface area contributed by atoms with E-state index in [-0.39, 0.29) is 5.75 Å². The Morgan fingerprint density at radius 3 is 1.55 bits per heavy atom. The molecule has 0 unspecified atom stereocenters. The minimum absolute atomic E-state index is 0.134. The van der Waals surface area contributed by atoms with Gasteiger partial charge in [-0.2, -0.15) is 0 Å². The first-order chi connectivity index (χ1) is 16.2. The SMILES string of the molecule is CCCCCCCCCCCCCCCCCCc1ccc(Sc2ccc(O)c(Cl)c2)cc1. The van der Waals surface area contributed by atoms with Crippen molar-refractivity contribution in [3.05, 3.63) is 53.1 Å². The Kier molecular flexibility index (Phi) is 15.5. The van der Waals surface area contributed by atoms with Crippen LogP contribution in [0.4, 0.5) is 0 Å². The van der Waals surface area contributed by atoms with Crippen LogP contribution in [0, 0.1) is 0 Å². The summed E-state index contributed by atoms with van der Waals surface area (Å²) in [6.45, 7) is 2.29. The highest BCUT2D eigenvalue weighted by atomic mass is 35.5. The highest BCUT2D eigenvalue weighted by Gasteiger charge is 2.03. The normalized spacial score (nSPS) is 11.2. The Hall–Kier alpha value is -1.12. The van der Waals surface area contributed by atoms with E-state index in [4.69, 9.17) is 11.6 Å². The van der Waals surface area contributed by atoms with Gasteiger partial charge in [0.15, 0.2) is 0 Å². The second kappa shape index (κ2) is 18.2. The van der Waals surface area contributed by atoms with E-state index in [2.05, 4.69) is 31.2 Å². The van der Waals surface area contributed by atoms with Crippen molar-refractivity contribution < 1.29 is 5.11 Å². The molecule has 0 aliphatic rings. The van der Waals surface area contributed by atoms with Crippen molar-refractivity contribution in [2.45, 2.75) is 126 Å². The van der Waals surface area contributed by atoms with E-state index < -0.39 is 0 Å². The number of phenols is 1. The zero-order valence-electron chi connectivity index (χ0n) is 20.8. The molecule has 2 aromatic rings. The lowest BCUT2D eigenvalue weighted by atomic mass is 10.0. The molecule has 1 nitrogen and oxygen atoms in total. The van der Waals surface area contributed by atoms with Crippen molar-refractivity contribution in [2.75, 3.05) is 0 Å². The zero-order valence-corrected chi connectivity index (χ0v) is 22.4. The molecule has 0 amide bonds. The molecule has 0 spiro atoms. The van der Waals surface area contributed by atoms with Crippen LogP contribution in [0.5, 0.6) is 5.75 Å². The Labute approximate surface area is 212 Å². The molecule has 0 saturated heterocycles. The largest absolute Gasteiger partial charge is 0.506 e. The Morgan fingerprint density at radius 2 is 1.06 bits per heavy atom. The lowest BCUT2D eigenvalue weighted by Gasteiger charge is -2.06. The van der Waals surface area contributed by atoms with Gasteiger partial charge < -0.3 is 5.11 Å². The highest BCUT2D eigenvalue weighted by Crippen LogP contribution is 2.33. The summed E-state index contributed by atoms with van der Waals surface area (Å²) in [6, 6.07) is 14.2. The first-order valence-corrected chi connectivity index (χ1v) is 14.6. The maximum atomic E-state index is 9.54. The maximum Gasteiger partial charge on any atom is 0.134 e. The average molecular weight is 489 g/mol. The van der Waals surface area contributed by atoms with E-state index in [0.29, 0.717) is 5.02 Å². The van der Waals surface area contributed by atoms with Gasteiger partial charge in [-0.15, -0.1) is 0 Å². The molecule has 3 heteroatoms. The van der Waals surface area contributed by atoms with Gasteiger partial charge in [0, 0.05) is 9.79 Å². The molecule has 33 heavy (non-hydrogen) atoms. The van der Waals surface area contributed by atoms with Gasteiger partial charge in [-0.25, -0.2) is 0 Å². The van der Waals surface area contributed by atoms with E-state index in [1.165, 1.54) is 120 Å². The fourth-order valence-electron chi connectivity index (χ4n) is 4.29. The summed E-state index contributed by atoms with van der Waals surface area (Å²) in [7, 11) is 0. The fourth-order valence-corrected chi connectivity index (χ4v) is 5.39. The van der Waals surface area contributed by atoms with Crippen LogP contribution in [-0.2, 0) is 6.42 Å². The third kappa shape index (κ3) is 13.4. The van der Waals surface area contributed by atoms with Crippen LogP contribution in [0.15, 0.2) is 52.3 Å². The van der Waals surface area contributed by atoms with Crippen molar-refractivity contribution in [3.8, 4) is 5.75 Å². The molecule has 0 heterocycles. The quantitative estimate of drug-likeness (QED) is 0.198. The lowest BCUT2D eigenvalue weighted by Crippen LogP contribution is -1.87. The summed E-state index contributed by atoms with van der Waals surface area (Å²) in [5.41, 5.74) is 1.42. The number of aryl methyl sites for hydroxylation is 1. The molecule has 0 atom stereocenters. The van der Waals surface area contributed by atoms with Gasteiger partial charge in [-0.1, -0.05) is 139 Å². The van der Waals surface area contributed by atoms with E-state index in [9.17, 15) is 5.11 Å². The standard InChI is InChI=1S/C30H45ClOS/c1-2-3-4-5-6-7-8-9-10-11-12-13-14-15-16-17-18-26-19-21-27(22-20-26)33-28-23-24-30(32)29(31)25-28/h19-25,32H,2-18H2,1H3. The number of hydrogen-bond acceptors (Lipinski definition) is 2. The smallest absolute Gasteiger partial charge is 0.134 e. The number of rotatable bonds is 19. The van der Waals surface area contributed by atoms with E-state index in [1.807, 2.05) is 12.1 Å². The summed E-state index contributed by atoms with van der Waals surface area (Å²) in [4.78, 5) is 2.25. The molecule has 0 aromatic heterocycles. The summed E-state index contributed by atoms with van der Waals surface area (Å²) < 4.78 is 0. The van der Waals surface area contributed by atoms with Gasteiger partial charge >= 0.3 is 0 Å². The van der Waals surface area contributed by atoms with Crippen molar-refractivity contribution in [1.29, 1.82) is 0 Å². The number of aromatic hydroxyl groups is 1. The molecule has 0 fully saturated rings. The molecular weight excluding hydrogens is 444 g/mol. The Balaban J connectivity index is 1.41. The second-order valence-electron chi connectivity index (χ2n) is 9.41. The molecule has 0 radical (unpaired) electrons. The molecule has 1 N–H and O–H groups in total. The number of hydrogen-bond donors (Lipinski definition) is 1. The molecular formula is C30H45ClOS. The number of phenolic OH excluding ortho intramolecular Hbond substituents is 1. The average Bonchev–Trinajstić information content (AvgIpc) is 2.82. The Morgan fingerprint density at radius 1 is 0.606 bits per heavy atom. The molecule has 0 saturated carbocycles. The van der Waals surface area contributed by atoms with Gasteiger partial charge in [0.25, 0.3) is 0 Å². The minimum atomic E-state index is 0.134. The van der Waals surface area contributed by atoms with Crippen LogP contribution in [-0.4, -0.2) is 5.11 Å².